The normalized spacial score (nSPS) is 12.2. The van der Waals surface area contributed by atoms with Gasteiger partial charge in [0.05, 0.1) is 16.9 Å². The number of rotatable bonds is 4. The lowest BCUT2D eigenvalue weighted by Crippen LogP contribution is -2.24. The highest BCUT2D eigenvalue weighted by Crippen LogP contribution is 2.30. The second kappa shape index (κ2) is 6.80. The maximum Gasteiger partial charge on any atom is 0.416 e. The Labute approximate surface area is 140 Å². The van der Waals surface area contributed by atoms with Gasteiger partial charge < -0.3 is 5.32 Å². The summed E-state index contributed by atoms with van der Waals surface area (Å²) < 4.78 is 39.0. The molecule has 0 fully saturated rings. The van der Waals surface area contributed by atoms with Crippen molar-refractivity contribution in [2.24, 2.45) is 0 Å². The molecule has 24 heavy (non-hydrogen) atoms. The first-order chi connectivity index (χ1) is 11.1. The number of carbonyl (C=O) groups excluding carboxylic acids is 1. The first kappa shape index (κ1) is 18.2. The Morgan fingerprint density at radius 1 is 1.21 bits per heavy atom. The Hall–Kier alpha value is -2.10. The maximum absolute atomic E-state index is 12.5. The molecule has 0 bridgehead atoms. The van der Waals surface area contributed by atoms with Gasteiger partial charge in [-0.2, -0.15) is 13.2 Å². The molecule has 0 spiro atoms. The maximum atomic E-state index is 12.5. The average molecular weight is 359 g/mol. The number of amides is 1. The van der Waals surface area contributed by atoms with Gasteiger partial charge in [-0.1, -0.05) is 11.8 Å². The molecule has 0 atom stereocenters. The molecule has 10 heteroatoms. The fourth-order valence-electron chi connectivity index (χ4n) is 1.76. The van der Waals surface area contributed by atoms with Crippen molar-refractivity contribution in [3.8, 4) is 0 Å². The van der Waals surface area contributed by atoms with E-state index in [4.69, 9.17) is 0 Å². The van der Waals surface area contributed by atoms with Crippen molar-refractivity contribution in [1.29, 1.82) is 0 Å². The number of hydrogen-bond donors (Lipinski definition) is 1. The summed E-state index contributed by atoms with van der Waals surface area (Å²) in [4.78, 5) is 11.9. The van der Waals surface area contributed by atoms with Gasteiger partial charge >= 0.3 is 6.18 Å². The van der Waals surface area contributed by atoms with Gasteiger partial charge in [0.2, 0.25) is 11.1 Å². The van der Waals surface area contributed by atoms with Crippen LogP contribution < -0.4 is 5.32 Å². The minimum absolute atomic E-state index is 0.0392. The minimum Gasteiger partial charge on any atom is -0.325 e. The second-order valence-corrected chi connectivity index (χ2v) is 6.90. The quantitative estimate of drug-likeness (QED) is 0.849. The summed E-state index contributed by atoms with van der Waals surface area (Å²) in [6.07, 6.45) is -4.40. The number of hydrogen-bond acceptors (Lipinski definition) is 5. The zero-order chi connectivity index (χ0) is 18.0. The minimum atomic E-state index is -4.40. The molecule has 2 aromatic rings. The van der Waals surface area contributed by atoms with E-state index in [1.165, 1.54) is 12.1 Å². The predicted octanol–water partition coefficient (Wildman–Crippen LogP) is 3.18. The van der Waals surface area contributed by atoms with Crippen LogP contribution in [0.5, 0.6) is 0 Å². The molecule has 0 saturated heterocycles. The van der Waals surface area contributed by atoms with Crippen LogP contribution in [0.1, 0.15) is 26.3 Å². The molecule has 1 aromatic carbocycles. The second-order valence-electron chi connectivity index (χ2n) is 5.96. The van der Waals surface area contributed by atoms with Crippen LogP contribution in [0.15, 0.2) is 29.4 Å². The van der Waals surface area contributed by atoms with E-state index in [9.17, 15) is 18.0 Å². The van der Waals surface area contributed by atoms with Gasteiger partial charge in [0.15, 0.2) is 0 Å². The summed E-state index contributed by atoms with van der Waals surface area (Å²) in [6.45, 7) is 5.78. The highest BCUT2D eigenvalue weighted by atomic mass is 32.2. The Morgan fingerprint density at radius 3 is 2.38 bits per heavy atom. The number of halogens is 3. The number of anilines is 1. The smallest absolute Gasteiger partial charge is 0.325 e. The third-order valence-corrected chi connectivity index (χ3v) is 3.82. The molecule has 1 aromatic heterocycles. The molecule has 2 rings (SSSR count). The summed E-state index contributed by atoms with van der Waals surface area (Å²) in [5, 5.41) is 14.4. The van der Waals surface area contributed by atoms with Crippen molar-refractivity contribution in [1.82, 2.24) is 20.2 Å². The molecule has 0 unspecified atom stereocenters. The van der Waals surface area contributed by atoms with Crippen LogP contribution in [-0.4, -0.2) is 31.9 Å². The molecule has 1 N–H and O–H groups in total. The molecule has 0 aliphatic carbocycles. The molecule has 1 heterocycles. The fraction of sp³-hybridized carbons (Fsp3) is 0.429. The number of nitrogens with zero attached hydrogens (tertiary/aromatic N) is 4. The summed E-state index contributed by atoms with van der Waals surface area (Å²) in [5.74, 6) is -0.319. The number of alkyl halides is 3. The standard InChI is InChI=1S/C14H16F3N5OS/c1-13(2,3)22-12(19-20-21-22)24-8-11(23)18-10-6-4-9(5-7-10)14(15,16)17/h4-7H,8H2,1-3H3,(H,18,23). The average Bonchev–Trinajstić information content (AvgIpc) is 2.93. The number of nitrogens with one attached hydrogen (secondary N) is 1. The zero-order valence-corrected chi connectivity index (χ0v) is 14.1. The van der Waals surface area contributed by atoms with Crippen molar-refractivity contribution in [2.75, 3.05) is 11.1 Å². The van der Waals surface area contributed by atoms with E-state index in [-0.39, 0.29) is 17.2 Å². The predicted molar refractivity (Wildman–Crippen MR) is 83.6 cm³/mol. The SMILES string of the molecule is CC(C)(C)n1nnnc1SCC(=O)Nc1ccc(C(F)(F)F)cc1. The molecule has 0 aliphatic rings. The van der Waals surface area contributed by atoms with Crippen LogP contribution in [0.25, 0.3) is 0 Å². The summed E-state index contributed by atoms with van der Waals surface area (Å²) in [7, 11) is 0. The Kier molecular flexibility index (Phi) is 5.16. The molecule has 130 valence electrons. The van der Waals surface area contributed by atoms with Gasteiger partial charge in [0, 0.05) is 5.69 Å². The highest BCUT2D eigenvalue weighted by Gasteiger charge is 2.30. The van der Waals surface area contributed by atoms with Crippen LogP contribution >= 0.6 is 11.8 Å². The van der Waals surface area contributed by atoms with Crippen LogP contribution in [0.2, 0.25) is 0 Å². The lowest BCUT2D eigenvalue weighted by Gasteiger charge is -2.19. The summed E-state index contributed by atoms with van der Waals surface area (Å²) in [6, 6.07) is 4.26. The molecule has 0 aliphatic heterocycles. The van der Waals surface area contributed by atoms with Gasteiger partial charge in [-0.05, 0) is 55.5 Å². The number of thioether (sulfide) groups is 1. The lowest BCUT2D eigenvalue weighted by atomic mass is 10.1. The van der Waals surface area contributed by atoms with Crippen molar-refractivity contribution in [3.05, 3.63) is 29.8 Å². The van der Waals surface area contributed by atoms with Gasteiger partial charge in [-0.25, -0.2) is 4.68 Å². The number of carbonyl (C=O) groups is 1. The Morgan fingerprint density at radius 2 is 1.83 bits per heavy atom. The van der Waals surface area contributed by atoms with Crippen LogP contribution in [0, 0.1) is 0 Å². The topological polar surface area (TPSA) is 72.7 Å². The van der Waals surface area contributed by atoms with Crippen molar-refractivity contribution >= 4 is 23.4 Å². The Bertz CT molecular complexity index is 706. The van der Waals surface area contributed by atoms with Crippen molar-refractivity contribution < 1.29 is 18.0 Å². The summed E-state index contributed by atoms with van der Waals surface area (Å²) in [5.41, 5.74) is -0.793. The van der Waals surface area contributed by atoms with Crippen LogP contribution in [0.3, 0.4) is 0 Å². The molecule has 6 nitrogen and oxygen atoms in total. The number of aromatic nitrogens is 4. The van der Waals surface area contributed by atoms with Gasteiger partial charge in [-0.15, -0.1) is 5.10 Å². The van der Waals surface area contributed by atoms with E-state index in [0.717, 1.165) is 23.9 Å². The monoisotopic (exact) mass is 359 g/mol. The molecule has 0 saturated carbocycles. The van der Waals surface area contributed by atoms with E-state index >= 15 is 0 Å². The molecular weight excluding hydrogens is 343 g/mol. The van der Waals surface area contributed by atoms with Crippen LogP contribution in [0.4, 0.5) is 18.9 Å². The van der Waals surface area contributed by atoms with Gasteiger partial charge in [0.1, 0.15) is 0 Å². The highest BCUT2D eigenvalue weighted by molar-refractivity contribution is 7.99. The molecule has 0 radical (unpaired) electrons. The fourth-order valence-corrected chi connectivity index (χ4v) is 2.62. The lowest BCUT2D eigenvalue weighted by molar-refractivity contribution is -0.137. The summed E-state index contributed by atoms with van der Waals surface area (Å²) >= 11 is 1.15. The van der Waals surface area contributed by atoms with Gasteiger partial charge in [0.25, 0.3) is 0 Å². The first-order valence-electron chi connectivity index (χ1n) is 6.96. The first-order valence-corrected chi connectivity index (χ1v) is 7.95. The Balaban J connectivity index is 1.94. The van der Waals surface area contributed by atoms with Gasteiger partial charge in [-0.3, -0.25) is 4.79 Å². The van der Waals surface area contributed by atoms with Crippen molar-refractivity contribution in [3.63, 3.8) is 0 Å². The third-order valence-electron chi connectivity index (χ3n) is 2.90. The largest absolute Gasteiger partial charge is 0.416 e. The van der Waals surface area contributed by atoms with E-state index in [2.05, 4.69) is 20.8 Å². The van der Waals surface area contributed by atoms with E-state index in [1.807, 2.05) is 20.8 Å². The zero-order valence-electron chi connectivity index (χ0n) is 13.3. The molecular formula is C14H16F3N5OS. The van der Waals surface area contributed by atoms with E-state index in [1.54, 1.807) is 4.68 Å². The molecule has 1 amide bonds. The third kappa shape index (κ3) is 4.70. The van der Waals surface area contributed by atoms with E-state index in [0.29, 0.717) is 10.8 Å². The number of benzene rings is 1. The van der Waals surface area contributed by atoms with Crippen molar-refractivity contribution in [2.45, 2.75) is 37.6 Å². The number of tetrazole rings is 1. The van der Waals surface area contributed by atoms with Crippen LogP contribution in [-0.2, 0) is 16.5 Å². The van der Waals surface area contributed by atoms with E-state index < -0.39 is 11.7 Å².